The Morgan fingerprint density at radius 3 is 1.80 bits per heavy atom. The van der Waals surface area contributed by atoms with Crippen LogP contribution >= 0.6 is 0 Å². The van der Waals surface area contributed by atoms with Gasteiger partial charge in [-0.3, -0.25) is 4.74 Å². The van der Waals surface area contributed by atoms with Gasteiger partial charge in [-0.2, -0.15) is 39.2 Å². The molecule has 0 N–H and O–H groups in total. The molecule has 120 valence electrons. The lowest BCUT2D eigenvalue weighted by atomic mass is 10.5. The Balaban J connectivity index is 5.25. The molecule has 14 heteroatoms. The smallest absolute Gasteiger partial charge is 0.403 e. The minimum absolute atomic E-state index is 2.02. The average molecular weight is 342 g/mol. The van der Waals surface area contributed by atoms with Crippen LogP contribution < -0.4 is 0 Å². The highest BCUT2D eigenvalue weighted by molar-refractivity contribution is 7.87. The molecule has 0 aliphatic heterocycles. The van der Waals surface area contributed by atoms with Crippen LogP contribution in [0.15, 0.2) is 12.6 Å². The molecule has 0 aromatic carbocycles. The van der Waals surface area contributed by atoms with Crippen LogP contribution in [0, 0.1) is 0 Å². The molecule has 0 aromatic heterocycles. The first-order chi connectivity index (χ1) is 8.54. The third-order valence-electron chi connectivity index (χ3n) is 1.41. The van der Waals surface area contributed by atoms with Crippen molar-refractivity contribution in [2.24, 2.45) is 0 Å². The highest BCUT2D eigenvalue weighted by atomic mass is 32.3. The van der Waals surface area contributed by atoms with Gasteiger partial charge in [-0.05, 0) is 6.58 Å². The predicted molar refractivity (Wildman–Crippen MR) is 42.2 cm³/mol. The normalized spacial score (nSPS) is 15.8. The summed E-state index contributed by atoms with van der Waals surface area (Å²) in [6, 6.07) is -2.39. The van der Waals surface area contributed by atoms with Crippen molar-refractivity contribution in [3.63, 3.8) is 0 Å². The molecular weight excluding hydrogens is 339 g/mol. The van der Waals surface area contributed by atoms with Gasteiger partial charge >= 0.3 is 34.1 Å². The summed E-state index contributed by atoms with van der Waals surface area (Å²) >= 11 is 0. The van der Waals surface area contributed by atoms with E-state index in [1.54, 1.807) is 0 Å². The average Bonchev–Trinajstić information content (AvgIpc) is 2.12. The first-order valence-corrected chi connectivity index (χ1v) is 5.36. The van der Waals surface area contributed by atoms with Crippen LogP contribution in [-0.4, -0.2) is 32.2 Å². The van der Waals surface area contributed by atoms with E-state index in [0.717, 1.165) is 0 Å². The number of hydrogen-bond donors (Lipinski definition) is 0. The van der Waals surface area contributed by atoms with E-state index in [1.807, 2.05) is 6.58 Å². The SMILES string of the molecule is C=C(F)OC(F)(F)C(F)OC(F)(F)C(F)(F)S(=O)(=O)F. The fraction of sp³-hybridized carbons (Fsp3) is 0.667. The van der Waals surface area contributed by atoms with Gasteiger partial charge in [-0.25, -0.2) is 4.39 Å². The van der Waals surface area contributed by atoms with Crippen LogP contribution in [0.2, 0.25) is 0 Å². The van der Waals surface area contributed by atoms with Crippen LogP contribution in [-0.2, 0) is 19.7 Å². The monoisotopic (exact) mass is 342 g/mol. The lowest BCUT2D eigenvalue weighted by molar-refractivity contribution is -0.411. The van der Waals surface area contributed by atoms with Gasteiger partial charge in [-0.15, -0.1) is 0 Å². The standard InChI is InChI=1S/C6H3F9O4S/c1-2(7)18-4(9,10)3(8)19-5(11,12)6(13,14)20(15,16)17/h3H,1H2. The highest BCUT2D eigenvalue weighted by Gasteiger charge is 2.71. The van der Waals surface area contributed by atoms with Crippen molar-refractivity contribution >= 4 is 10.2 Å². The summed E-state index contributed by atoms with van der Waals surface area (Å²) in [5.74, 6) is 0. The van der Waals surface area contributed by atoms with Crippen LogP contribution in [0.25, 0.3) is 0 Å². The Morgan fingerprint density at radius 1 is 1.10 bits per heavy atom. The highest BCUT2D eigenvalue weighted by Crippen LogP contribution is 2.43. The second kappa shape index (κ2) is 5.31. The van der Waals surface area contributed by atoms with E-state index in [1.165, 1.54) is 0 Å². The van der Waals surface area contributed by atoms with Gasteiger partial charge in [0, 0.05) is 0 Å². The van der Waals surface area contributed by atoms with Crippen molar-refractivity contribution in [1.82, 2.24) is 0 Å². The molecule has 0 saturated heterocycles. The molecule has 0 radical (unpaired) electrons. The molecule has 0 bridgehead atoms. The molecule has 0 aromatic rings. The van der Waals surface area contributed by atoms with E-state index >= 15 is 0 Å². The first-order valence-electron chi connectivity index (χ1n) is 3.97. The number of rotatable bonds is 7. The molecule has 0 heterocycles. The summed E-state index contributed by atoms with van der Waals surface area (Å²) in [4.78, 5) is 0. The summed E-state index contributed by atoms with van der Waals surface area (Å²) in [5, 5.41) is -6.67. The van der Waals surface area contributed by atoms with E-state index in [9.17, 15) is 47.4 Å². The Kier molecular flexibility index (Phi) is 4.99. The molecule has 20 heavy (non-hydrogen) atoms. The minimum Gasteiger partial charge on any atom is -0.403 e. The molecule has 0 rings (SSSR count). The zero-order chi connectivity index (χ0) is 16.6. The van der Waals surface area contributed by atoms with Gasteiger partial charge in [-0.1, -0.05) is 3.89 Å². The number of hydrogen-bond acceptors (Lipinski definition) is 4. The maximum atomic E-state index is 12.5. The molecule has 0 saturated carbocycles. The maximum absolute atomic E-state index is 12.5. The summed E-state index contributed by atoms with van der Waals surface area (Å²) in [7, 11) is -7.33. The van der Waals surface area contributed by atoms with Crippen molar-refractivity contribution in [3.05, 3.63) is 12.6 Å². The van der Waals surface area contributed by atoms with Crippen LogP contribution in [0.1, 0.15) is 0 Å². The van der Waals surface area contributed by atoms with E-state index in [4.69, 9.17) is 0 Å². The van der Waals surface area contributed by atoms with Crippen molar-refractivity contribution in [2.75, 3.05) is 0 Å². The molecule has 1 unspecified atom stereocenters. The largest absolute Gasteiger partial charge is 0.464 e. The number of alkyl halides is 7. The Morgan fingerprint density at radius 2 is 1.50 bits per heavy atom. The van der Waals surface area contributed by atoms with Gasteiger partial charge in [0.25, 0.3) is 6.01 Å². The second-order valence-corrected chi connectivity index (χ2v) is 4.31. The van der Waals surface area contributed by atoms with Crippen LogP contribution in [0.4, 0.5) is 39.0 Å². The summed E-state index contributed by atoms with van der Waals surface area (Å²) in [6.07, 6.45) is -16.9. The second-order valence-electron chi connectivity index (χ2n) is 2.92. The predicted octanol–water partition coefficient (Wildman–Crippen LogP) is 2.83. The topological polar surface area (TPSA) is 52.6 Å². The molecule has 0 aliphatic carbocycles. The van der Waals surface area contributed by atoms with E-state index < -0.39 is 40.1 Å². The molecule has 1 atom stereocenters. The van der Waals surface area contributed by atoms with Gasteiger partial charge in [0.2, 0.25) is 0 Å². The van der Waals surface area contributed by atoms with Crippen LogP contribution in [0.5, 0.6) is 0 Å². The molecule has 0 spiro atoms. The van der Waals surface area contributed by atoms with Crippen molar-refractivity contribution < 1.29 is 56.9 Å². The number of halogens is 9. The number of ether oxygens (including phenoxy) is 2. The Labute approximate surface area is 105 Å². The lowest BCUT2D eigenvalue weighted by Crippen LogP contribution is -2.51. The molecule has 4 nitrogen and oxygen atoms in total. The van der Waals surface area contributed by atoms with Crippen molar-refractivity contribution in [3.8, 4) is 0 Å². The summed E-state index contributed by atoms with van der Waals surface area (Å²) in [6.45, 7) is 2.02. The zero-order valence-corrected chi connectivity index (χ0v) is 9.54. The summed E-state index contributed by atoms with van der Waals surface area (Å²) < 4.78 is 135. The molecule has 0 fully saturated rings. The Hall–Kier alpha value is -1.18. The van der Waals surface area contributed by atoms with Crippen molar-refractivity contribution in [2.45, 2.75) is 23.8 Å². The van der Waals surface area contributed by atoms with E-state index in [-0.39, 0.29) is 0 Å². The third-order valence-corrected chi connectivity index (χ3v) is 2.26. The Bertz CT molecular complexity index is 473. The molecular formula is C6H3F9O4S. The first kappa shape index (κ1) is 18.8. The molecule has 0 amide bonds. The molecule has 0 aliphatic rings. The van der Waals surface area contributed by atoms with E-state index in [2.05, 4.69) is 9.47 Å². The van der Waals surface area contributed by atoms with Gasteiger partial charge in [0.05, 0.1) is 0 Å². The van der Waals surface area contributed by atoms with Gasteiger partial charge < -0.3 is 4.74 Å². The maximum Gasteiger partial charge on any atom is 0.464 e. The fourth-order valence-electron chi connectivity index (χ4n) is 0.603. The zero-order valence-electron chi connectivity index (χ0n) is 8.73. The lowest BCUT2D eigenvalue weighted by Gasteiger charge is -2.27. The van der Waals surface area contributed by atoms with Gasteiger partial charge in [0.1, 0.15) is 0 Å². The minimum atomic E-state index is -7.33. The fourth-order valence-corrected chi connectivity index (χ4v) is 0.935. The quantitative estimate of drug-likeness (QED) is 0.406. The van der Waals surface area contributed by atoms with E-state index in [0.29, 0.717) is 0 Å². The van der Waals surface area contributed by atoms with Gasteiger partial charge in [0.15, 0.2) is 0 Å². The third kappa shape index (κ3) is 3.91. The summed E-state index contributed by atoms with van der Waals surface area (Å²) in [5.41, 5.74) is 0. The van der Waals surface area contributed by atoms with Crippen molar-refractivity contribution in [1.29, 1.82) is 0 Å². The van der Waals surface area contributed by atoms with Crippen LogP contribution in [0.3, 0.4) is 0 Å².